The topological polar surface area (TPSA) is 27.1 Å². The Kier molecular flexibility index (Phi) is 3.26. The average molecular weight is 283 g/mol. The first-order valence-corrected chi connectivity index (χ1v) is 6.99. The number of hydrogen-bond acceptors (Lipinski definition) is 3. The van der Waals surface area contributed by atoms with Crippen LogP contribution in [-0.4, -0.2) is 16.4 Å². The molecule has 2 heterocycles. The van der Waals surface area contributed by atoms with Gasteiger partial charge in [0.25, 0.3) is 0 Å². The summed E-state index contributed by atoms with van der Waals surface area (Å²) in [5.74, 6) is 0. The van der Waals surface area contributed by atoms with Crippen LogP contribution in [0.3, 0.4) is 0 Å². The molecule has 1 aliphatic heterocycles. The number of ether oxygens (including phenoxy) is 1. The molecule has 0 saturated carbocycles. The monoisotopic (exact) mass is 282 g/mol. The molecule has 3 nitrogen and oxygen atoms in total. The third-order valence-electron chi connectivity index (χ3n) is 3.39. The van der Waals surface area contributed by atoms with Crippen molar-refractivity contribution >= 4 is 35.1 Å². The summed E-state index contributed by atoms with van der Waals surface area (Å²) in [6.07, 6.45) is 3.37. The number of hydrogen-bond donors (Lipinski definition) is 1. The van der Waals surface area contributed by atoms with Gasteiger partial charge >= 0.3 is 0 Å². The van der Waals surface area contributed by atoms with Gasteiger partial charge in [0.1, 0.15) is 0 Å². The fraction of sp³-hybridized carbons (Fsp3) is 0.462. The van der Waals surface area contributed by atoms with Gasteiger partial charge in [0, 0.05) is 16.9 Å². The van der Waals surface area contributed by atoms with Crippen LogP contribution in [0.15, 0.2) is 17.0 Å². The van der Waals surface area contributed by atoms with Crippen molar-refractivity contribution in [3.8, 4) is 0 Å². The Balaban J connectivity index is 2.16. The number of aromatic nitrogens is 2. The molecule has 0 amide bonds. The third-order valence-corrected chi connectivity index (χ3v) is 4.29. The molecule has 0 radical (unpaired) electrons. The molecule has 0 spiro atoms. The lowest BCUT2D eigenvalue weighted by Gasteiger charge is -2.23. The molecule has 2 aromatic rings. The molecule has 0 N–H and O–H groups in total. The lowest BCUT2D eigenvalue weighted by Crippen LogP contribution is -2.19. The van der Waals surface area contributed by atoms with Crippen molar-refractivity contribution in [2.24, 2.45) is 0 Å². The first-order chi connectivity index (χ1) is 8.68. The fourth-order valence-electron chi connectivity index (χ4n) is 2.49. The smallest absolute Gasteiger partial charge is 0.150 e. The van der Waals surface area contributed by atoms with Crippen molar-refractivity contribution in [2.45, 2.75) is 37.3 Å². The van der Waals surface area contributed by atoms with Crippen molar-refractivity contribution < 1.29 is 4.74 Å². The Labute approximate surface area is 116 Å². The van der Waals surface area contributed by atoms with Crippen LogP contribution in [0.2, 0.25) is 5.02 Å². The summed E-state index contributed by atoms with van der Waals surface area (Å²) in [5, 5.41) is 6.25. The number of halogens is 1. The second-order valence-electron chi connectivity index (χ2n) is 4.64. The third kappa shape index (κ3) is 1.92. The van der Waals surface area contributed by atoms with E-state index < -0.39 is 0 Å². The number of fused-ring (bicyclic) bond motifs is 1. The molecule has 1 aromatic carbocycles. The van der Waals surface area contributed by atoms with Gasteiger partial charge in [-0.25, -0.2) is 4.68 Å². The Morgan fingerprint density at radius 2 is 2.28 bits per heavy atom. The fourth-order valence-corrected chi connectivity index (χ4v) is 2.97. The van der Waals surface area contributed by atoms with Crippen LogP contribution in [-0.2, 0) is 4.74 Å². The van der Waals surface area contributed by atoms with E-state index in [1.807, 2.05) is 23.7 Å². The van der Waals surface area contributed by atoms with Gasteiger partial charge in [-0.05, 0) is 38.3 Å². The van der Waals surface area contributed by atoms with E-state index in [9.17, 15) is 0 Å². The van der Waals surface area contributed by atoms with Crippen LogP contribution >= 0.6 is 24.2 Å². The highest BCUT2D eigenvalue weighted by Gasteiger charge is 2.21. The van der Waals surface area contributed by atoms with Crippen molar-refractivity contribution in [1.82, 2.24) is 9.78 Å². The molecule has 0 bridgehead atoms. The summed E-state index contributed by atoms with van der Waals surface area (Å²) in [4.78, 5) is 0.788. The Hall–Kier alpha value is -0.710. The quantitative estimate of drug-likeness (QED) is 0.801. The molecule has 0 aliphatic carbocycles. The Morgan fingerprint density at radius 1 is 1.44 bits per heavy atom. The van der Waals surface area contributed by atoms with Gasteiger partial charge in [-0.2, -0.15) is 5.10 Å². The highest BCUT2D eigenvalue weighted by Crippen LogP contribution is 2.34. The number of benzene rings is 1. The maximum atomic E-state index is 6.31. The minimum atomic E-state index is 0.0387. The molecule has 3 rings (SSSR count). The van der Waals surface area contributed by atoms with Gasteiger partial charge in [0.15, 0.2) is 6.23 Å². The van der Waals surface area contributed by atoms with Gasteiger partial charge in [0.2, 0.25) is 0 Å². The molecule has 96 valence electrons. The minimum absolute atomic E-state index is 0.0387. The number of nitrogens with zero attached hydrogens (tertiary/aromatic N) is 2. The van der Waals surface area contributed by atoms with Crippen LogP contribution in [0, 0.1) is 6.92 Å². The van der Waals surface area contributed by atoms with Crippen LogP contribution in [0.1, 0.15) is 31.2 Å². The van der Waals surface area contributed by atoms with Crippen molar-refractivity contribution in [3.05, 3.63) is 22.8 Å². The Bertz CT molecular complexity index is 590. The van der Waals surface area contributed by atoms with Gasteiger partial charge in [-0.1, -0.05) is 11.6 Å². The van der Waals surface area contributed by atoms with Crippen molar-refractivity contribution in [2.75, 3.05) is 6.61 Å². The predicted molar refractivity (Wildman–Crippen MR) is 75.6 cm³/mol. The van der Waals surface area contributed by atoms with Crippen LogP contribution in [0.5, 0.6) is 0 Å². The zero-order chi connectivity index (χ0) is 12.7. The molecule has 1 fully saturated rings. The lowest BCUT2D eigenvalue weighted by molar-refractivity contribution is -0.0368. The van der Waals surface area contributed by atoms with Gasteiger partial charge in [-0.15, -0.1) is 12.6 Å². The second-order valence-corrected chi connectivity index (χ2v) is 5.50. The molecular weight excluding hydrogens is 268 g/mol. The zero-order valence-electron chi connectivity index (χ0n) is 10.2. The highest BCUT2D eigenvalue weighted by molar-refractivity contribution is 7.80. The first kappa shape index (κ1) is 12.3. The van der Waals surface area contributed by atoms with E-state index >= 15 is 0 Å². The molecule has 5 heteroatoms. The van der Waals surface area contributed by atoms with E-state index in [-0.39, 0.29) is 6.23 Å². The van der Waals surface area contributed by atoms with E-state index in [1.54, 1.807) is 0 Å². The lowest BCUT2D eigenvalue weighted by atomic mass is 10.2. The minimum Gasteiger partial charge on any atom is -0.356 e. The van der Waals surface area contributed by atoms with Crippen LogP contribution in [0.25, 0.3) is 10.9 Å². The maximum Gasteiger partial charge on any atom is 0.150 e. The van der Waals surface area contributed by atoms with Gasteiger partial charge in [-0.3, -0.25) is 0 Å². The summed E-state index contributed by atoms with van der Waals surface area (Å²) in [6, 6.07) is 3.93. The van der Waals surface area contributed by atoms with Gasteiger partial charge in [0.05, 0.1) is 16.2 Å². The maximum absolute atomic E-state index is 6.31. The summed E-state index contributed by atoms with van der Waals surface area (Å²) in [7, 11) is 0. The van der Waals surface area contributed by atoms with Crippen molar-refractivity contribution in [1.29, 1.82) is 0 Å². The van der Waals surface area contributed by atoms with E-state index in [4.69, 9.17) is 16.3 Å². The molecular formula is C13H15ClN2OS. The number of rotatable bonds is 1. The van der Waals surface area contributed by atoms with E-state index in [0.717, 1.165) is 40.9 Å². The predicted octanol–water partition coefficient (Wildman–Crippen LogP) is 3.99. The van der Waals surface area contributed by atoms with E-state index in [1.165, 1.54) is 6.42 Å². The zero-order valence-corrected chi connectivity index (χ0v) is 11.8. The molecule has 1 unspecified atom stereocenters. The second kappa shape index (κ2) is 4.76. The largest absolute Gasteiger partial charge is 0.356 e. The van der Waals surface area contributed by atoms with Crippen LogP contribution in [0.4, 0.5) is 0 Å². The summed E-state index contributed by atoms with van der Waals surface area (Å²) < 4.78 is 7.76. The van der Waals surface area contributed by atoms with E-state index in [2.05, 4.69) is 17.7 Å². The van der Waals surface area contributed by atoms with Gasteiger partial charge < -0.3 is 4.74 Å². The molecule has 1 aliphatic rings. The van der Waals surface area contributed by atoms with Crippen molar-refractivity contribution in [3.63, 3.8) is 0 Å². The standard InChI is InChI=1S/C13H15ClN2OS/c1-8-12-9(5-6-10(18)13(12)14)16(15-8)11-4-2-3-7-17-11/h5-6,11,18H,2-4,7H2,1H3. The van der Waals surface area contributed by atoms with Crippen LogP contribution < -0.4 is 0 Å². The number of aryl methyl sites for hydroxylation is 1. The summed E-state index contributed by atoms with van der Waals surface area (Å²) in [6.45, 7) is 2.78. The Morgan fingerprint density at radius 3 is 3.00 bits per heavy atom. The summed E-state index contributed by atoms with van der Waals surface area (Å²) in [5.41, 5.74) is 1.96. The van der Waals surface area contributed by atoms with E-state index in [0.29, 0.717) is 5.02 Å². The molecule has 1 aromatic heterocycles. The SMILES string of the molecule is Cc1nn(C2CCCCO2)c2ccc(S)c(Cl)c12. The average Bonchev–Trinajstić information content (AvgIpc) is 2.73. The first-order valence-electron chi connectivity index (χ1n) is 6.16. The summed E-state index contributed by atoms with van der Waals surface area (Å²) >= 11 is 10.7. The highest BCUT2D eigenvalue weighted by atomic mass is 35.5. The molecule has 1 saturated heterocycles. The normalized spacial score (nSPS) is 20.5. The number of thiol groups is 1. The molecule has 1 atom stereocenters. The molecule has 18 heavy (non-hydrogen) atoms.